The van der Waals surface area contributed by atoms with E-state index in [-0.39, 0.29) is 17.7 Å². The number of carbonyl (C=O) groups excluding carboxylic acids is 2. The second-order valence-corrected chi connectivity index (χ2v) is 7.04. The van der Waals surface area contributed by atoms with Crippen molar-refractivity contribution in [1.29, 1.82) is 0 Å². The van der Waals surface area contributed by atoms with Crippen LogP contribution in [0.5, 0.6) is 0 Å². The van der Waals surface area contributed by atoms with E-state index in [4.69, 9.17) is 10.5 Å². The first kappa shape index (κ1) is 18.7. The first-order valence-electron chi connectivity index (χ1n) is 9.17. The van der Waals surface area contributed by atoms with Gasteiger partial charge in [-0.25, -0.2) is 14.8 Å². The van der Waals surface area contributed by atoms with Gasteiger partial charge in [-0.05, 0) is 24.6 Å². The lowest BCUT2D eigenvalue weighted by molar-refractivity contribution is 0.102. The molecule has 150 valence electrons. The molecule has 0 bridgehead atoms. The number of benzene rings is 1. The highest BCUT2D eigenvalue weighted by Crippen LogP contribution is 2.23. The number of anilines is 2. The summed E-state index contributed by atoms with van der Waals surface area (Å²) in [7, 11) is 1.85. The maximum absolute atomic E-state index is 12.6. The average molecular weight is 395 g/mol. The third-order valence-electron chi connectivity index (χ3n) is 4.84. The van der Waals surface area contributed by atoms with Gasteiger partial charge >= 0.3 is 6.09 Å². The molecule has 10 heteroatoms. The third kappa shape index (κ3) is 3.96. The van der Waals surface area contributed by atoms with Crippen molar-refractivity contribution in [3.8, 4) is 0 Å². The molecule has 1 unspecified atom stereocenters. The van der Waals surface area contributed by atoms with Crippen molar-refractivity contribution in [3.63, 3.8) is 0 Å². The number of hydrogen-bond acceptors (Lipinski definition) is 7. The Morgan fingerprint density at radius 2 is 2.10 bits per heavy atom. The van der Waals surface area contributed by atoms with Crippen LogP contribution in [0.4, 0.5) is 16.3 Å². The Labute approximate surface area is 166 Å². The highest BCUT2D eigenvalue weighted by atomic mass is 16.6. The van der Waals surface area contributed by atoms with Crippen molar-refractivity contribution in [2.24, 2.45) is 12.8 Å². The van der Waals surface area contributed by atoms with Gasteiger partial charge in [0, 0.05) is 37.3 Å². The summed E-state index contributed by atoms with van der Waals surface area (Å²) in [5.41, 5.74) is 7.75. The van der Waals surface area contributed by atoms with Crippen molar-refractivity contribution >= 4 is 34.4 Å². The van der Waals surface area contributed by atoms with Crippen molar-refractivity contribution < 1.29 is 14.3 Å². The molecule has 1 fully saturated rings. The van der Waals surface area contributed by atoms with Gasteiger partial charge in [0.2, 0.25) is 0 Å². The number of primary amides is 1. The van der Waals surface area contributed by atoms with Crippen molar-refractivity contribution in [1.82, 2.24) is 19.7 Å². The Morgan fingerprint density at radius 1 is 1.28 bits per heavy atom. The number of nitrogens with one attached hydrogen (secondary N) is 1. The first-order valence-corrected chi connectivity index (χ1v) is 9.17. The lowest BCUT2D eigenvalue weighted by Crippen LogP contribution is -2.27. The first-order chi connectivity index (χ1) is 13.9. The van der Waals surface area contributed by atoms with Crippen LogP contribution in [0.1, 0.15) is 22.5 Å². The van der Waals surface area contributed by atoms with Gasteiger partial charge in [0.05, 0.1) is 24.5 Å². The van der Waals surface area contributed by atoms with E-state index in [2.05, 4.69) is 20.4 Å². The fourth-order valence-electron chi connectivity index (χ4n) is 3.42. The number of aromatic nitrogens is 4. The lowest BCUT2D eigenvalue weighted by atomic mass is 10.1. The average Bonchev–Trinajstić information content (AvgIpc) is 3.27. The Balaban J connectivity index is 1.45. The van der Waals surface area contributed by atoms with E-state index in [0.717, 1.165) is 16.5 Å². The van der Waals surface area contributed by atoms with Gasteiger partial charge in [-0.15, -0.1) is 0 Å². The summed E-state index contributed by atoms with van der Waals surface area (Å²) in [4.78, 5) is 34.0. The second-order valence-electron chi connectivity index (χ2n) is 7.04. The monoisotopic (exact) mass is 395 g/mol. The molecule has 2 amide bonds. The maximum atomic E-state index is 12.6. The van der Waals surface area contributed by atoms with E-state index < -0.39 is 6.09 Å². The van der Waals surface area contributed by atoms with Crippen LogP contribution in [0.25, 0.3) is 10.9 Å². The normalized spacial score (nSPS) is 16.2. The summed E-state index contributed by atoms with van der Waals surface area (Å²) in [6.45, 7) is 3.08. The van der Waals surface area contributed by atoms with Crippen LogP contribution in [-0.2, 0) is 11.8 Å². The highest BCUT2D eigenvalue weighted by molar-refractivity contribution is 6.04. The summed E-state index contributed by atoms with van der Waals surface area (Å²) in [5.74, 6) is 0.275. The minimum atomic E-state index is -0.783. The molecule has 0 aliphatic carbocycles. The number of ether oxygens (including phenoxy) is 1. The Kier molecular flexibility index (Phi) is 4.75. The Hall–Kier alpha value is -3.69. The molecular weight excluding hydrogens is 374 g/mol. The van der Waals surface area contributed by atoms with Gasteiger partial charge in [-0.1, -0.05) is 0 Å². The van der Waals surface area contributed by atoms with Crippen LogP contribution in [0.15, 0.2) is 30.7 Å². The van der Waals surface area contributed by atoms with Crippen LogP contribution >= 0.6 is 0 Å². The van der Waals surface area contributed by atoms with Gasteiger partial charge in [0.15, 0.2) is 0 Å². The number of amides is 2. The molecule has 4 rings (SSSR count). The van der Waals surface area contributed by atoms with E-state index >= 15 is 0 Å². The minimum absolute atomic E-state index is 0.212. The molecule has 10 nitrogen and oxygen atoms in total. The van der Waals surface area contributed by atoms with Crippen LogP contribution < -0.4 is 16.0 Å². The van der Waals surface area contributed by atoms with E-state index in [9.17, 15) is 9.59 Å². The second kappa shape index (κ2) is 7.38. The van der Waals surface area contributed by atoms with Crippen molar-refractivity contribution in [3.05, 3.63) is 42.0 Å². The fourth-order valence-corrected chi connectivity index (χ4v) is 3.42. The summed E-state index contributed by atoms with van der Waals surface area (Å²) in [6, 6.07) is 3.82. The topological polar surface area (TPSA) is 128 Å². The summed E-state index contributed by atoms with van der Waals surface area (Å²) >= 11 is 0. The van der Waals surface area contributed by atoms with E-state index in [0.29, 0.717) is 31.0 Å². The lowest BCUT2D eigenvalue weighted by Gasteiger charge is -2.17. The maximum Gasteiger partial charge on any atom is 0.404 e. The van der Waals surface area contributed by atoms with Gasteiger partial charge in [-0.3, -0.25) is 9.48 Å². The number of nitrogens with two attached hydrogens (primary N) is 1. The number of aryl methyl sites for hydroxylation is 2. The van der Waals surface area contributed by atoms with E-state index in [1.807, 2.05) is 37.2 Å². The molecule has 1 aliphatic rings. The van der Waals surface area contributed by atoms with Crippen LogP contribution in [-0.4, -0.2) is 50.9 Å². The molecular formula is C19H21N7O3. The Morgan fingerprint density at radius 3 is 2.83 bits per heavy atom. The number of fused-ring (bicyclic) bond motifs is 1. The smallest absolute Gasteiger partial charge is 0.404 e. The van der Waals surface area contributed by atoms with Gasteiger partial charge in [0.1, 0.15) is 17.6 Å². The molecule has 3 N–H and O–H groups in total. The number of hydrogen-bond donors (Lipinski definition) is 2. The molecule has 1 saturated heterocycles. The third-order valence-corrected chi connectivity index (χ3v) is 4.84. The van der Waals surface area contributed by atoms with Crippen LogP contribution in [0.3, 0.4) is 0 Å². The molecule has 2 aromatic heterocycles. The van der Waals surface area contributed by atoms with Crippen molar-refractivity contribution in [2.45, 2.75) is 19.4 Å². The molecule has 0 saturated carbocycles. The summed E-state index contributed by atoms with van der Waals surface area (Å²) in [5, 5.41) is 8.19. The van der Waals surface area contributed by atoms with Gasteiger partial charge < -0.3 is 20.7 Å². The van der Waals surface area contributed by atoms with Crippen LogP contribution in [0, 0.1) is 6.92 Å². The van der Waals surface area contributed by atoms with E-state index in [1.54, 1.807) is 10.9 Å². The summed E-state index contributed by atoms with van der Waals surface area (Å²) < 4.78 is 6.75. The highest BCUT2D eigenvalue weighted by Gasteiger charge is 2.26. The summed E-state index contributed by atoms with van der Waals surface area (Å²) in [6.07, 6.45) is 4.49. The molecule has 1 atom stereocenters. The SMILES string of the molecule is Cc1cc2nn(C)cc2cc1NC(=O)c1cnc(N2CCC(OC(N)=O)C2)cn1. The molecule has 0 spiro atoms. The molecule has 0 radical (unpaired) electrons. The van der Waals surface area contributed by atoms with Gasteiger partial charge in [0.25, 0.3) is 5.91 Å². The molecule has 29 heavy (non-hydrogen) atoms. The Bertz CT molecular complexity index is 1080. The minimum Gasteiger partial charge on any atom is -0.444 e. The predicted octanol–water partition coefficient (Wildman–Crippen LogP) is 1.60. The fraction of sp³-hybridized carbons (Fsp3) is 0.316. The number of rotatable bonds is 4. The largest absolute Gasteiger partial charge is 0.444 e. The van der Waals surface area contributed by atoms with E-state index in [1.165, 1.54) is 6.20 Å². The molecule has 3 heterocycles. The van der Waals surface area contributed by atoms with Gasteiger partial charge in [-0.2, -0.15) is 5.10 Å². The van der Waals surface area contributed by atoms with Crippen LogP contribution in [0.2, 0.25) is 0 Å². The zero-order chi connectivity index (χ0) is 20.5. The molecule has 3 aromatic rings. The zero-order valence-corrected chi connectivity index (χ0v) is 16.1. The number of carbonyl (C=O) groups is 2. The molecule has 1 aromatic carbocycles. The zero-order valence-electron chi connectivity index (χ0n) is 16.1. The molecule has 1 aliphatic heterocycles. The standard InChI is InChI=1S/C19H21N7O3/c1-11-5-15-12(9-25(2)24-15)6-14(11)23-18(27)16-7-22-17(8-21-16)26-4-3-13(10-26)29-19(20)28/h5-9,13H,3-4,10H2,1-2H3,(H2,20,28)(H,23,27). The quantitative estimate of drug-likeness (QED) is 0.686. The predicted molar refractivity (Wildman–Crippen MR) is 107 cm³/mol. The van der Waals surface area contributed by atoms with Crippen molar-refractivity contribution in [2.75, 3.05) is 23.3 Å². The number of nitrogens with zero attached hydrogens (tertiary/aromatic N) is 5.